The molecule has 0 saturated heterocycles. The number of amides is 1. The standard InChI is InChI=1S/C15H17ClN6O4/c1-26-7-3-6-17-13-12(22(24)25)14(19-9-18-13)20-21-15(23)10-4-2-5-11(16)8-10/h2,4-5,8-9H,3,6-7H2,1H3,(H,21,23)(H2,17,18,19,20). The van der Waals surface area contributed by atoms with E-state index in [4.69, 9.17) is 16.3 Å². The van der Waals surface area contributed by atoms with Crippen molar-refractivity contribution in [2.24, 2.45) is 0 Å². The Morgan fingerprint density at radius 1 is 1.35 bits per heavy atom. The third-order valence-corrected chi connectivity index (χ3v) is 3.44. The molecule has 10 nitrogen and oxygen atoms in total. The van der Waals surface area contributed by atoms with Crippen LogP contribution in [0, 0.1) is 10.1 Å². The summed E-state index contributed by atoms with van der Waals surface area (Å²) in [6.45, 7) is 0.937. The zero-order valence-corrected chi connectivity index (χ0v) is 14.6. The number of hydrogen-bond donors (Lipinski definition) is 3. The first-order valence-electron chi connectivity index (χ1n) is 7.57. The third kappa shape index (κ3) is 5.26. The number of hydrogen-bond acceptors (Lipinski definition) is 8. The van der Waals surface area contributed by atoms with Crippen LogP contribution >= 0.6 is 11.6 Å². The third-order valence-electron chi connectivity index (χ3n) is 3.20. The Morgan fingerprint density at radius 3 is 2.81 bits per heavy atom. The quantitative estimate of drug-likeness (QED) is 0.343. The molecule has 0 bridgehead atoms. The van der Waals surface area contributed by atoms with Crippen molar-refractivity contribution >= 4 is 34.8 Å². The van der Waals surface area contributed by atoms with Gasteiger partial charge >= 0.3 is 5.69 Å². The molecule has 0 unspecified atom stereocenters. The first-order chi connectivity index (χ1) is 12.5. The molecule has 1 aromatic carbocycles. The Hall–Kier alpha value is -2.98. The number of carbonyl (C=O) groups excluding carboxylic acids is 1. The van der Waals surface area contributed by atoms with Crippen molar-refractivity contribution in [3.63, 3.8) is 0 Å². The van der Waals surface area contributed by atoms with E-state index < -0.39 is 10.8 Å². The van der Waals surface area contributed by atoms with Crippen LogP contribution < -0.4 is 16.2 Å². The second-order valence-electron chi connectivity index (χ2n) is 5.04. The number of hydrazine groups is 1. The Kier molecular flexibility index (Phi) is 7.06. The summed E-state index contributed by atoms with van der Waals surface area (Å²) in [6.07, 6.45) is 1.80. The van der Waals surface area contributed by atoms with Crippen LogP contribution in [0.5, 0.6) is 0 Å². The number of anilines is 2. The fraction of sp³-hybridized carbons (Fsp3) is 0.267. The maximum absolute atomic E-state index is 12.1. The van der Waals surface area contributed by atoms with E-state index in [1.165, 1.54) is 6.07 Å². The van der Waals surface area contributed by atoms with E-state index in [2.05, 4.69) is 26.1 Å². The lowest BCUT2D eigenvalue weighted by atomic mass is 10.2. The van der Waals surface area contributed by atoms with E-state index in [9.17, 15) is 14.9 Å². The minimum atomic E-state index is -0.632. The molecule has 0 saturated carbocycles. The largest absolute Gasteiger partial charge is 0.385 e. The smallest absolute Gasteiger partial charge is 0.354 e. The SMILES string of the molecule is COCCCNc1ncnc(NNC(=O)c2cccc(Cl)c2)c1[N+](=O)[O-]. The van der Waals surface area contributed by atoms with Gasteiger partial charge in [-0.3, -0.25) is 25.8 Å². The van der Waals surface area contributed by atoms with Gasteiger partial charge in [0.25, 0.3) is 5.91 Å². The number of halogens is 1. The highest BCUT2D eigenvalue weighted by atomic mass is 35.5. The predicted octanol–water partition coefficient (Wildman–Crippen LogP) is 2.24. The van der Waals surface area contributed by atoms with Gasteiger partial charge in [0.2, 0.25) is 11.6 Å². The van der Waals surface area contributed by atoms with Crippen LogP contribution in [0.3, 0.4) is 0 Å². The molecule has 1 amide bonds. The van der Waals surface area contributed by atoms with Gasteiger partial charge < -0.3 is 10.1 Å². The molecule has 26 heavy (non-hydrogen) atoms. The van der Waals surface area contributed by atoms with Gasteiger partial charge in [-0.25, -0.2) is 9.97 Å². The van der Waals surface area contributed by atoms with Crippen molar-refractivity contribution in [2.75, 3.05) is 31.0 Å². The molecule has 1 heterocycles. The van der Waals surface area contributed by atoms with Crippen LogP contribution in [0.4, 0.5) is 17.3 Å². The van der Waals surface area contributed by atoms with Gasteiger partial charge in [-0.15, -0.1) is 0 Å². The van der Waals surface area contributed by atoms with Crippen molar-refractivity contribution < 1.29 is 14.5 Å². The Labute approximate surface area is 154 Å². The fourth-order valence-corrected chi connectivity index (χ4v) is 2.20. The van der Waals surface area contributed by atoms with Gasteiger partial charge in [0.05, 0.1) is 4.92 Å². The van der Waals surface area contributed by atoms with Gasteiger partial charge in [-0.2, -0.15) is 0 Å². The Morgan fingerprint density at radius 2 is 2.12 bits per heavy atom. The summed E-state index contributed by atoms with van der Waals surface area (Å²) in [4.78, 5) is 30.6. The zero-order chi connectivity index (χ0) is 18.9. The van der Waals surface area contributed by atoms with Crippen molar-refractivity contribution in [1.29, 1.82) is 0 Å². The topological polar surface area (TPSA) is 131 Å². The van der Waals surface area contributed by atoms with Gasteiger partial charge in [-0.05, 0) is 24.6 Å². The minimum Gasteiger partial charge on any atom is -0.385 e. The number of aromatic nitrogens is 2. The van der Waals surface area contributed by atoms with E-state index in [0.29, 0.717) is 30.2 Å². The minimum absolute atomic E-state index is 0.0422. The average Bonchev–Trinajstić information content (AvgIpc) is 2.63. The molecular weight excluding hydrogens is 364 g/mol. The highest BCUT2D eigenvalue weighted by Crippen LogP contribution is 2.28. The van der Waals surface area contributed by atoms with Crippen LogP contribution in [-0.4, -0.2) is 41.1 Å². The number of nitro groups is 1. The molecule has 0 atom stereocenters. The predicted molar refractivity (Wildman–Crippen MR) is 96.2 cm³/mol. The van der Waals surface area contributed by atoms with Gasteiger partial charge in [0, 0.05) is 30.8 Å². The molecule has 0 spiro atoms. The average molecular weight is 381 g/mol. The number of carbonyl (C=O) groups is 1. The van der Waals surface area contributed by atoms with Crippen LogP contribution in [0.15, 0.2) is 30.6 Å². The maximum atomic E-state index is 12.1. The number of benzene rings is 1. The summed E-state index contributed by atoms with van der Waals surface area (Å²) in [5.41, 5.74) is 4.72. The normalized spacial score (nSPS) is 10.2. The van der Waals surface area contributed by atoms with E-state index in [1.54, 1.807) is 25.3 Å². The van der Waals surface area contributed by atoms with E-state index in [0.717, 1.165) is 6.33 Å². The summed E-state index contributed by atoms with van der Waals surface area (Å²) in [5.74, 6) is -0.620. The van der Waals surface area contributed by atoms with Gasteiger partial charge in [0.1, 0.15) is 6.33 Å². The molecular formula is C15H17ClN6O4. The molecule has 11 heteroatoms. The second kappa shape index (κ2) is 9.49. The highest BCUT2D eigenvalue weighted by Gasteiger charge is 2.23. The molecule has 2 rings (SSSR count). The molecule has 3 N–H and O–H groups in total. The molecule has 1 aromatic heterocycles. The number of nitrogens with zero attached hydrogens (tertiary/aromatic N) is 3. The Balaban J connectivity index is 2.10. The lowest BCUT2D eigenvalue weighted by molar-refractivity contribution is -0.383. The van der Waals surface area contributed by atoms with Crippen molar-refractivity contribution in [3.8, 4) is 0 Å². The van der Waals surface area contributed by atoms with Crippen LogP contribution in [0.25, 0.3) is 0 Å². The van der Waals surface area contributed by atoms with Crippen LogP contribution in [0.2, 0.25) is 5.02 Å². The summed E-state index contributed by atoms with van der Waals surface area (Å²) in [6, 6.07) is 6.27. The number of nitrogens with one attached hydrogen (secondary N) is 3. The number of ether oxygens (including phenoxy) is 1. The van der Waals surface area contributed by atoms with E-state index >= 15 is 0 Å². The lowest BCUT2D eigenvalue weighted by Gasteiger charge is -2.11. The monoisotopic (exact) mass is 380 g/mol. The van der Waals surface area contributed by atoms with E-state index in [1.807, 2.05) is 0 Å². The fourth-order valence-electron chi connectivity index (χ4n) is 2.01. The van der Waals surface area contributed by atoms with E-state index in [-0.39, 0.29) is 17.3 Å². The van der Waals surface area contributed by atoms with Gasteiger partial charge in [0.15, 0.2) is 0 Å². The molecule has 138 valence electrons. The maximum Gasteiger partial charge on any atom is 0.354 e. The van der Waals surface area contributed by atoms with Crippen molar-refractivity contribution in [2.45, 2.75) is 6.42 Å². The number of methoxy groups -OCH3 is 1. The number of rotatable bonds is 9. The molecule has 0 radical (unpaired) electrons. The second-order valence-corrected chi connectivity index (χ2v) is 5.48. The van der Waals surface area contributed by atoms with Crippen LogP contribution in [-0.2, 0) is 4.74 Å². The first-order valence-corrected chi connectivity index (χ1v) is 7.95. The summed E-state index contributed by atoms with van der Waals surface area (Å²) in [5, 5.41) is 14.6. The Bertz CT molecular complexity index is 788. The zero-order valence-electron chi connectivity index (χ0n) is 13.9. The summed E-state index contributed by atoms with van der Waals surface area (Å²) in [7, 11) is 1.57. The molecule has 0 fully saturated rings. The van der Waals surface area contributed by atoms with Crippen molar-refractivity contribution in [3.05, 3.63) is 51.3 Å². The summed E-state index contributed by atoms with van der Waals surface area (Å²) < 4.78 is 4.92. The molecule has 2 aromatic rings. The highest BCUT2D eigenvalue weighted by molar-refractivity contribution is 6.30. The summed E-state index contributed by atoms with van der Waals surface area (Å²) >= 11 is 5.84. The lowest BCUT2D eigenvalue weighted by Crippen LogP contribution is -2.30. The van der Waals surface area contributed by atoms with Gasteiger partial charge in [-0.1, -0.05) is 17.7 Å². The molecule has 0 aliphatic heterocycles. The first kappa shape index (κ1) is 19.3. The van der Waals surface area contributed by atoms with Crippen molar-refractivity contribution in [1.82, 2.24) is 15.4 Å². The molecule has 0 aliphatic rings. The van der Waals surface area contributed by atoms with Crippen LogP contribution in [0.1, 0.15) is 16.8 Å². The molecule has 0 aliphatic carbocycles.